The van der Waals surface area contributed by atoms with E-state index in [1.165, 1.54) is 6.07 Å². The third-order valence-corrected chi connectivity index (χ3v) is 1.94. The summed E-state index contributed by atoms with van der Waals surface area (Å²) in [5.41, 5.74) is 1.15. The van der Waals surface area contributed by atoms with E-state index in [2.05, 4.69) is 0 Å². The van der Waals surface area contributed by atoms with Crippen LogP contribution in [0.3, 0.4) is 0 Å². The van der Waals surface area contributed by atoms with Crippen molar-refractivity contribution in [2.24, 2.45) is 0 Å². The van der Waals surface area contributed by atoms with Gasteiger partial charge in [0.2, 0.25) is 0 Å². The Morgan fingerprint density at radius 1 is 1.47 bits per heavy atom. The minimum atomic E-state index is -0.336. The first-order valence-electron chi connectivity index (χ1n) is 4.70. The van der Waals surface area contributed by atoms with E-state index in [-0.39, 0.29) is 18.8 Å². The van der Waals surface area contributed by atoms with Crippen molar-refractivity contribution in [3.05, 3.63) is 41.2 Å². The topological polar surface area (TPSA) is 44.0 Å². The molecule has 0 saturated carbocycles. The number of nitriles is 1. The third-order valence-electron chi connectivity index (χ3n) is 1.94. The van der Waals surface area contributed by atoms with Gasteiger partial charge in [-0.05, 0) is 18.1 Å². The first-order valence-corrected chi connectivity index (χ1v) is 4.70. The highest BCUT2D eigenvalue weighted by molar-refractivity contribution is 5.50. The van der Waals surface area contributed by atoms with Crippen LogP contribution in [0.25, 0.3) is 6.08 Å². The molecule has 0 atom stereocenters. The average molecular weight is 205 g/mol. The van der Waals surface area contributed by atoms with Gasteiger partial charge in [0.1, 0.15) is 5.82 Å². The number of aliphatic hydroxyl groups is 1. The summed E-state index contributed by atoms with van der Waals surface area (Å²) in [5.74, 6) is -0.336. The first-order chi connectivity index (χ1) is 7.27. The van der Waals surface area contributed by atoms with Gasteiger partial charge in [-0.25, -0.2) is 4.39 Å². The number of nitrogens with zero attached hydrogens (tertiary/aromatic N) is 1. The fraction of sp³-hybridized carbons (Fsp3) is 0.250. The molecule has 1 rings (SSSR count). The predicted molar refractivity (Wildman–Crippen MR) is 56.5 cm³/mol. The monoisotopic (exact) mass is 205 g/mol. The Hall–Kier alpha value is -1.66. The highest BCUT2D eigenvalue weighted by Crippen LogP contribution is 2.12. The van der Waals surface area contributed by atoms with Crippen LogP contribution in [0, 0.1) is 17.1 Å². The zero-order chi connectivity index (χ0) is 11.1. The third kappa shape index (κ3) is 3.53. The molecule has 0 radical (unpaired) electrons. The van der Waals surface area contributed by atoms with Crippen molar-refractivity contribution in [2.45, 2.75) is 12.8 Å². The van der Waals surface area contributed by atoms with Crippen LogP contribution >= 0.6 is 0 Å². The van der Waals surface area contributed by atoms with E-state index >= 15 is 0 Å². The lowest BCUT2D eigenvalue weighted by molar-refractivity contribution is 0.303. The number of rotatable bonds is 4. The molecule has 2 nitrogen and oxygen atoms in total. The van der Waals surface area contributed by atoms with E-state index in [0.29, 0.717) is 17.5 Å². The van der Waals surface area contributed by atoms with Gasteiger partial charge >= 0.3 is 0 Å². The van der Waals surface area contributed by atoms with Gasteiger partial charge in [0.05, 0.1) is 12.5 Å². The maximum absolute atomic E-state index is 13.4. The Bertz CT molecular complexity index is 393. The molecule has 0 unspecified atom stereocenters. The van der Waals surface area contributed by atoms with Crippen LogP contribution in [0.2, 0.25) is 0 Å². The molecule has 0 aromatic heterocycles. The molecule has 0 aliphatic heterocycles. The summed E-state index contributed by atoms with van der Waals surface area (Å²) in [6.45, 7) is 0.0602. The molecule has 1 aromatic carbocycles. The van der Waals surface area contributed by atoms with Crippen molar-refractivity contribution in [2.75, 3.05) is 6.61 Å². The molecular weight excluding hydrogens is 193 g/mol. The van der Waals surface area contributed by atoms with Gasteiger partial charge < -0.3 is 5.11 Å². The maximum atomic E-state index is 13.4. The fourth-order valence-corrected chi connectivity index (χ4v) is 1.19. The van der Waals surface area contributed by atoms with Gasteiger partial charge in [0.25, 0.3) is 0 Å². The van der Waals surface area contributed by atoms with Crippen LogP contribution in [-0.4, -0.2) is 11.7 Å². The number of aliphatic hydroxyl groups excluding tert-OH is 1. The van der Waals surface area contributed by atoms with Crippen molar-refractivity contribution in [1.82, 2.24) is 0 Å². The van der Waals surface area contributed by atoms with Crippen molar-refractivity contribution < 1.29 is 9.50 Å². The highest BCUT2D eigenvalue weighted by atomic mass is 19.1. The molecule has 0 aliphatic carbocycles. The first kappa shape index (κ1) is 11.4. The Kier molecular flexibility index (Phi) is 4.52. The number of hydrogen-bond donors (Lipinski definition) is 1. The summed E-state index contributed by atoms with van der Waals surface area (Å²) in [7, 11) is 0. The lowest BCUT2D eigenvalue weighted by Crippen LogP contribution is -1.87. The largest absolute Gasteiger partial charge is 0.396 e. The molecule has 0 spiro atoms. The zero-order valence-corrected chi connectivity index (χ0v) is 8.28. The average Bonchev–Trinajstić information content (AvgIpc) is 2.22. The highest BCUT2D eigenvalue weighted by Gasteiger charge is 2.00. The molecule has 15 heavy (non-hydrogen) atoms. The summed E-state index contributed by atoms with van der Waals surface area (Å²) in [4.78, 5) is 0. The fourth-order valence-electron chi connectivity index (χ4n) is 1.19. The van der Waals surface area contributed by atoms with Gasteiger partial charge in [-0.2, -0.15) is 5.26 Å². The molecule has 0 aliphatic rings. The second kappa shape index (κ2) is 5.94. The molecule has 0 heterocycles. The second-order valence-electron chi connectivity index (χ2n) is 3.11. The van der Waals surface area contributed by atoms with Gasteiger partial charge in [-0.3, -0.25) is 0 Å². The molecule has 0 saturated heterocycles. The number of hydrogen-bond acceptors (Lipinski definition) is 2. The van der Waals surface area contributed by atoms with Crippen LogP contribution in [0.1, 0.15) is 17.5 Å². The smallest absolute Gasteiger partial charge is 0.130 e. The Labute approximate surface area is 88.3 Å². The summed E-state index contributed by atoms with van der Waals surface area (Å²) in [6, 6.07) is 6.69. The zero-order valence-electron chi connectivity index (χ0n) is 8.28. The predicted octanol–water partition coefficient (Wildman–Crippen LogP) is 2.29. The Balaban J connectivity index is 2.79. The normalized spacial score (nSPS) is 10.5. The molecule has 0 fully saturated rings. The summed E-state index contributed by atoms with van der Waals surface area (Å²) in [6.07, 6.45) is 4.07. The molecule has 0 bridgehead atoms. The molecule has 78 valence electrons. The van der Waals surface area contributed by atoms with E-state index in [9.17, 15) is 4.39 Å². The summed E-state index contributed by atoms with van der Waals surface area (Å²) in [5, 5.41) is 17.0. The van der Waals surface area contributed by atoms with Crippen LogP contribution in [-0.2, 0) is 6.42 Å². The van der Waals surface area contributed by atoms with E-state index < -0.39 is 0 Å². The van der Waals surface area contributed by atoms with Crippen LogP contribution < -0.4 is 0 Å². The summed E-state index contributed by atoms with van der Waals surface area (Å²) < 4.78 is 13.4. The second-order valence-corrected chi connectivity index (χ2v) is 3.11. The molecule has 3 heteroatoms. The van der Waals surface area contributed by atoms with Gasteiger partial charge in [-0.15, -0.1) is 0 Å². The lowest BCUT2D eigenvalue weighted by atomic mass is 10.1. The van der Waals surface area contributed by atoms with Crippen LogP contribution in [0.5, 0.6) is 0 Å². The van der Waals surface area contributed by atoms with Gasteiger partial charge in [0.15, 0.2) is 0 Å². The van der Waals surface area contributed by atoms with Crippen LogP contribution in [0.15, 0.2) is 24.3 Å². The lowest BCUT2D eigenvalue weighted by Gasteiger charge is -1.99. The minimum absolute atomic E-state index is 0.0602. The minimum Gasteiger partial charge on any atom is -0.396 e. The quantitative estimate of drug-likeness (QED) is 0.819. The van der Waals surface area contributed by atoms with Crippen LogP contribution in [0.4, 0.5) is 4.39 Å². The van der Waals surface area contributed by atoms with Crippen molar-refractivity contribution in [3.8, 4) is 6.07 Å². The Morgan fingerprint density at radius 3 is 2.87 bits per heavy atom. The SMILES string of the molecule is N#CCc1ccc(C=CCCO)c(F)c1. The van der Waals surface area contributed by atoms with Crippen molar-refractivity contribution >= 4 is 6.08 Å². The number of halogens is 1. The van der Waals surface area contributed by atoms with Gasteiger partial charge in [0, 0.05) is 12.2 Å². The molecular formula is C12H12FNO. The summed E-state index contributed by atoms with van der Waals surface area (Å²) >= 11 is 0. The number of benzene rings is 1. The van der Waals surface area contributed by atoms with Gasteiger partial charge in [-0.1, -0.05) is 24.3 Å². The standard InChI is InChI=1S/C12H12FNO/c13-12-9-10(6-7-14)4-5-11(12)3-1-2-8-15/h1,3-5,9,15H,2,6,8H2. The molecule has 0 amide bonds. The van der Waals surface area contributed by atoms with E-state index in [0.717, 1.165) is 0 Å². The van der Waals surface area contributed by atoms with E-state index in [1.54, 1.807) is 24.3 Å². The van der Waals surface area contributed by atoms with Crippen molar-refractivity contribution in [3.63, 3.8) is 0 Å². The molecule has 1 aromatic rings. The maximum Gasteiger partial charge on any atom is 0.130 e. The Morgan fingerprint density at radius 2 is 2.27 bits per heavy atom. The molecule has 1 N–H and O–H groups in total. The van der Waals surface area contributed by atoms with E-state index in [4.69, 9.17) is 10.4 Å². The van der Waals surface area contributed by atoms with Crippen molar-refractivity contribution in [1.29, 1.82) is 5.26 Å². The van der Waals surface area contributed by atoms with E-state index in [1.807, 2.05) is 6.07 Å².